The second-order valence-electron chi connectivity index (χ2n) is 6.26. The van der Waals surface area contributed by atoms with Gasteiger partial charge in [0.1, 0.15) is 11.5 Å². The van der Waals surface area contributed by atoms with Gasteiger partial charge in [-0.15, -0.1) is 11.3 Å². The van der Waals surface area contributed by atoms with E-state index in [2.05, 4.69) is 6.92 Å². The van der Waals surface area contributed by atoms with Crippen molar-refractivity contribution in [1.82, 2.24) is 4.98 Å². The topological polar surface area (TPSA) is 51.7 Å². The highest BCUT2D eigenvalue weighted by Crippen LogP contribution is 2.36. The number of hydrogen-bond donors (Lipinski definition) is 0. The fraction of sp³-hybridized carbons (Fsp3) is 0.273. The number of rotatable bonds is 8. The van der Waals surface area contributed by atoms with Crippen LogP contribution >= 0.6 is 11.3 Å². The van der Waals surface area contributed by atoms with Crippen LogP contribution in [-0.4, -0.2) is 31.7 Å². The number of aromatic nitrogens is 1. The number of nitrogens with zero attached hydrogens (tertiary/aromatic N) is 2. The van der Waals surface area contributed by atoms with Crippen LogP contribution in [0, 0.1) is 0 Å². The molecule has 0 fully saturated rings. The van der Waals surface area contributed by atoms with Crippen LogP contribution in [-0.2, 0) is 0 Å². The molecule has 0 saturated heterocycles. The van der Waals surface area contributed by atoms with Crippen LogP contribution < -0.4 is 14.4 Å². The highest BCUT2D eigenvalue weighted by molar-refractivity contribution is 7.14. The van der Waals surface area contributed by atoms with Gasteiger partial charge in [0.25, 0.3) is 5.91 Å². The van der Waals surface area contributed by atoms with Crippen LogP contribution in [0.4, 0.5) is 5.13 Å². The van der Waals surface area contributed by atoms with Crippen LogP contribution in [0.1, 0.15) is 30.1 Å². The fourth-order valence-corrected chi connectivity index (χ4v) is 3.71. The number of ether oxygens (including phenoxy) is 2. The van der Waals surface area contributed by atoms with E-state index in [-0.39, 0.29) is 5.91 Å². The van der Waals surface area contributed by atoms with Crippen molar-refractivity contribution < 1.29 is 14.3 Å². The summed E-state index contributed by atoms with van der Waals surface area (Å²) < 4.78 is 10.8. The minimum atomic E-state index is -0.0347. The average Bonchev–Trinajstić information content (AvgIpc) is 3.23. The molecule has 3 aromatic rings. The first-order valence-corrected chi connectivity index (χ1v) is 10.1. The molecule has 0 atom stereocenters. The summed E-state index contributed by atoms with van der Waals surface area (Å²) in [7, 11) is 3.26. The van der Waals surface area contributed by atoms with Gasteiger partial charge in [0, 0.05) is 23.1 Å². The van der Waals surface area contributed by atoms with Crippen molar-refractivity contribution in [1.29, 1.82) is 0 Å². The maximum Gasteiger partial charge on any atom is 0.260 e. The van der Waals surface area contributed by atoms with Crippen LogP contribution in [0.3, 0.4) is 0 Å². The summed E-state index contributed by atoms with van der Waals surface area (Å²) in [6.45, 7) is 2.74. The quantitative estimate of drug-likeness (QED) is 0.520. The molecule has 0 spiro atoms. The van der Waals surface area contributed by atoms with Crippen LogP contribution in [0.15, 0.2) is 53.9 Å². The van der Waals surface area contributed by atoms with E-state index >= 15 is 0 Å². The zero-order chi connectivity index (χ0) is 19.9. The molecule has 0 N–H and O–H groups in total. The number of hydrogen-bond acceptors (Lipinski definition) is 5. The Hall–Kier alpha value is -2.86. The molecule has 1 heterocycles. The van der Waals surface area contributed by atoms with Gasteiger partial charge in [0.15, 0.2) is 5.13 Å². The van der Waals surface area contributed by atoms with Crippen molar-refractivity contribution >= 4 is 22.4 Å². The summed E-state index contributed by atoms with van der Waals surface area (Å²) in [5, 5.41) is 2.63. The maximum absolute atomic E-state index is 13.1. The number of methoxy groups -OCH3 is 2. The number of carbonyl (C=O) groups excluding carboxylic acids is 1. The summed E-state index contributed by atoms with van der Waals surface area (Å²) in [6.07, 6.45) is 1.91. The molecule has 2 aromatic carbocycles. The summed E-state index contributed by atoms with van der Waals surface area (Å²) in [5.41, 5.74) is 2.26. The van der Waals surface area contributed by atoms with Gasteiger partial charge in [-0.1, -0.05) is 31.5 Å². The van der Waals surface area contributed by atoms with Gasteiger partial charge in [-0.05, 0) is 36.8 Å². The molecular weight excluding hydrogens is 372 g/mol. The van der Waals surface area contributed by atoms with E-state index in [1.165, 1.54) is 11.3 Å². The highest BCUT2D eigenvalue weighted by Gasteiger charge is 2.21. The highest BCUT2D eigenvalue weighted by atomic mass is 32.1. The zero-order valence-corrected chi connectivity index (χ0v) is 17.2. The lowest BCUT2D eigenvalue weighted by atomic mass is 10.1. The van der Waals surface area contributed by atoms with E-state index in [4.69, 9.17) is 14.5 Å². The Morgan fingerprint density at radius 3 is 2.57 bits per heavy atom. The number of amides is 1. The van der Waals surface area contributed by atoms with Gasteiger partial charge in [-0.25, -0.2) is 4.98 Å². The van der Waals surface area contributed by atoms with Crippen molar-refractivity contribution in [2.24, 2.45) is 0 Å². The van der Waals surface area contributed by atoms with E-state index < -0.39 is 0 Å². The molecule has 0 aliphatic rings. The summed E-state index contributed by atoms with van der Waals surface area (Å²) in [5.74, 6) is 1.41. The SMILES string of the molecule is CCCCN(C(=O)c1ccccc1)c1nc(-c2cc(OC)ccc2OC)cs1. The number of benzene rings is 2. The Labute approximate surface area is 169 Å². The van der Waals surface area contributed by atoms with Crippen molar-refractivity contribution in [3.05, 3.63) is 59.5 Å². The van der Waals surface area contributed by atoms with Gasteiger partial charge in [-0.2, -0.15) is 0 Å². The summed E-state index contributed by atoms with van der Waals surface area (Å²) in [4.78, 5) is 19.6. The summed E-state index contributed by atoms with van der Waals surface area (Å²) in [6, 6.07) is 14.9. The first-order valence-electron chi connectivity index (χ1n) is 9.22. The maximum atomic E-state index is 13.1. The first kappa shape index (κ1) is 19.9. The average molecular weight is 397 g/mol. The molecule has 0 bridgehead atoms. The number of carbonyl (C=O) groups is 1. The number of anilines is 1. The third kappa shape index (κ3) is 4.34. The van der Waals surface area contributed by atoms with Gasteiger partial charge in [0.2, 0.25) is 0 Å². The lowest BCUT2D eigenvalue weighted by Gasteiger charge is -2.19. The van der Waals surface area contributed by atoms with E-state index in [9.17, 15) is 4.79 Å². The Bertz CT molecular complexity index is 925. The number of unbranched alkanes of at least 4 members (excludes halogenated alkanes) is 1. The Kier molecular flexibility index (Phi) is 6.66. The van der Waals surface area contributed by atoms with Crippen molar-refractivity contribution in [2.45, 2.75) is 19.8 Å². The van der Waals surface area contributed by atoms with Gasteiger partial charge in [0.05, 0.1) is 19.9 Å². The molecule has 6 heteroatoms. The predicted molar refractivity (Wildman–Crippen MR) is 114 cm³/mol. The molecule has 0 saturated carbocycles. The third-order valence-electron chi connectivity index (χ3n) is 4.41. The predicted octanol–water partition coefficient (Wildman–Crippen LogP) is 5.27. The molecule has 0 aliphatic heterocycles. The van der Waals surface area contributed by atoms with Crippen LogP contribution in [0.5, 0.6) is 11.5 Å². The largest absolute Gasteiger partial charge is 0.497 e. The molecule has 146 valence electrons. The van der Waals surface area contributed by atoms with E-state index in [1.54, 1.807) is 19.1 Å². The van der Waals surface area contributed by atoms with Crippen molar-refractivity contribution in [2.75, 3.05) is 25.7 Å². The smallest absolute Gasteiger partial charge is 0.260 e. The van der Waals surface area contributed by atoms with Crippen molar-refractivity contribution in [3.8, 4) is 22.8 Å². The lowest BCUT2D eigenvalue weighted by molar-refractivity contribution is 0.0986. The van der Waals surface area contributed by atoms with Crippen LogP contribution in [0.25, 0.3) is 11.3 Å². The Morgan fingerprint density at radius 1 is 1.11 bits per heavy atom. The lowest BCUT2D eigenvalue weighted by Crippen LogP contribution is -2.31. The molecule has 0 unspecified atom stereocenters. The van der Waals surface area contributed by atoms with Gasteiger partial charge < -0.3 is 9.47 Å². The molecular formula is C22H24N2O3S. The molecule has 0 radical (unpaired) electrons. The fourth-order valence-electron chi connectivity index (χ4n) is 2.86. The molecule has 3 rings (SSSR count). The second kappa shape index (κ2) is 9.37. The molecule has 1 amide bonds. The minimum absolute atomic E-state index is 0.0347. The summed E-state index contributed by atoms with van der Waals surface area (Å²) >= 11 is 1.46. The third-order valence-corrected chi connectivity index (χ3v) is 5.27. The van der Waals surface area contributed by atoms with E-state index in [1.807, 2.05) is 53.9 Å². The molecule has 0 aliphatic carbocycles. The molecule has 5 nitrogen and oxygen atoms in total. The van der Waals surface area contributed by atoms with Gasteiger partial charge >= 0.3 is 0 Å². The molecule has 1 aromatic heterocycles. The van der Waals surface area contributed by atoms with Gasteiger partial charge in [-0.3, -0.25) is 9.69 Å². The zero-order valence-electron chi connectivity index (χ0n) is 16.3. The Balaban J connectivity index is 1.96. The van der Waals surface area contributed by atoms with Crippen LogP contribution in [0.2, 0.25) is 0 Å². The van der Waals surface area contributed by atoms with E-state index in [0.29, 0.717) is 23.0 Å². The Morgan fingerprint density at radius 2 is 1.89 bits per heavy atom. The minimum Gasteiger partial charge on any atom is -0.497 e. The monoisotopic (exact) mass is 396 g/mol. The first-order chi connectivity index (χ1) is 13.7. The van der Waals surface area contributed by atoms with E-state index in [0.717, 1.165) is 29.8 Å². The standard InChI is InChI=1S/C22H24N2O3S/c1-4-5-13-24(21(25)16-9-7-6-8-10-16)22-23-19(15-28-22)18-14-17(26-2)11-12-20(18)27-3/h6-12,14-15H,4-5,13H2,1-3H3. The molecule has 28 heavy (non-hydrogen) atoms. The second-order valence-corrected chi connectivity index (χ2v) is 7.09. The van der Waals surface area contributed by atoms with Crippen molar-refractivity contribution in [3.63, 3.8) is 0 Å². The normalized spacial score (nSPS) is 10.5. The number of thiazole rings is 1.